The molecule has 0 amide bonds. The quantitative estimate of drug-likeness (QED) is 0.116. The van der Waals surface area contributed by atoms with E-state index in [4.69, 9.17) is 27.6 Å². The molecule has 4 heteroatoms. The summed E-state index contributed by atoms with van der Waals surface area (Å²) < 4.78 is 98.9. The van der Waals surface area contributed by atoms with E-state index in [1.54, 1.807) is 60.7 Å². The van der Waals surface area contributed by atoms with Crippen LogP contribution in [0.4, 0.5) is 0 Å². The standard InChI is InChI=1S/C67H59N3O/c1-44-18-13-15-24-55(44)59-38-63(58-27-17-26-57-60-37-51-23-14-16-25-56(51)45(2)64(60)71-65(57)58)68-41-52(59)29-28-46-34-47(39-66(3,4)53-30-32-61(69-42-53)49-19-9-7-10-20-49)36-48(35-46)40-67(5,6)54-31-33-62(70-43-54)50-21-11-8-12-22-50/h7-27,30-38,41-43H,28-29,39-40H2,1-6H3/i1D3,2D3,28D2,29D2. The predicted octanol–water partition coefficient (Wildman–Crippen LogP) is 17.0. The van der Waals surface area contributed by atoms with Gasteiger partial charge >= 0.3 is 0 Å². The van der Waals surface area contributed by atoms with Crippen molar-refractivity contribution in [2.75, 3.05) is 0 Å². The Balaban J connectivity index is 1.04. The fourth-order valence-corrected chi connectivity index (χ4v) is 9.99. The summed E-state index contributed by atoms with van der Waals surface area (Å²) in [7, 11) is 0. The maximum Gasteiger partial charge on any atom is 0.144 e. The van der Waals surface area contributed by atoms with Crippen LogP contribution >= 0.6 is 0 Å². The summed E-state index contributed by atoms with van der Waals surface area (Å²) in [5, 5.41) is 2.49. The summed E-state index contributed by atoms with van der Waals surface area (Å²) in [6.45, 7) is 3.32. The molecule has 0 spiro atoms. The van der Waals surface area contributed by atoms with Gasteiger partial charge in [-0.25, -0.2) is 0 Å². The molecule has 0 saturated carbocycles. The number of rotatable bonds is 13. The van der Waals surface area contributed by atoms with E-state index < -0.39 is 37.3 Å². The minimum absolute atomic E-state index is 0.0537. The van der Waals surface area contributed by atoms with E-state index in [0.717, 1.165) is 50.2 Å². The molecule has 4 heterocycles. The summed E-state index contributed by atoms with van der Waals surface area (Å²) in [4.78, 5) is 14.6. The summed E-state index contributed by atoms with van der Waals surface area (Å²) in [5.41, 5.74) is 7.75. The Kier molecular flexibility index (Phi) is 9.30. The second-order valence-electron chi connectivity index (χ2n) is 19.8. The lowest BCUT2D eigenvalue weighted by Crippen LogP contribution is -2.23. The number of hydrogen-bond acceptors (Lipinski definition) is 4. The van der Waals surface area contributed by atoms with Gasteiger partial charge in [0, 0.05) is 65.3 Å². The Morgan fingerprint density at radius 2 is 1.03 bits per heavy atom. The highest BCUT2D eigenvalue weighted by molar-refractivity contribution is 6.14. The first-order valence-corrected chi connectivity index (χ1v) is 24.1. The molecule has 0 bridgehead atoms. The maximum absolute atomic E-state index is 10.1. The lowest BCUT2D eigenvalue weighted by molar-refractivity contribution is 0.512. The molecule has 0 aliphatic rings. The predicted molar refractivity (Wildman–Crippen MR) is 296 cm³/mol. The fraction of sp³-hybridized carbons (Fsp3) is 0.179. The number of furan rings is 1. The number of fused-ring (bicyclic) bond motifs is 4. The fourth-order valence-electron chi connectivity index (χ4n) is 9.99. The molecule has 71 heavy (non-hydrogen) atoms. The van der Waals surface area contributed by atoms with Gasteiger partial charge in [0.15, 0.2) is 0 Å². The van der Waals surface area contributed by atoms with E-state index >= 15 is 0 Å². The molecule has 0 aliphatic heterocycles. The Morgan fingerprint density at radius 3 is 1.66 bits per heavy atom. The molecular weight excluding hydrogens is 863 g/mol. The van der Waals surface area contributed by atoms with Crippen molar-refractivity contribution in [2.45, 2.75) is 77.8 Å². The number of benzene rings is 7. The zero-order chi connectivity index (χ0) is 57.3. The van der Waals surface area contributed by atoms with Crippen molar-refractivity contribution in [1.29, 1.82) is 0 Å². The normalized spacial score (nSPS) is 14.9. The molecule has 11 rings (SSSR count). The van der Waals surface area contributed by atoms with Crippen LogP contribution in [0.1, 0.15) is 85.9 Å². The lowest BCUT2D eigenvalue weighted by Gasteiger charge is -2.28. The number of para-hydroxylation sites is 1. The van der Waals surface area contributed by atoms with E-state index in [9.17, 15) is 5.48 Å². The van der Waals surface area contributed by atoms with Gasteiger partial charge in [-0.15, -0.1) is 0 Å². The van der Waals surface area contributed by atoms with Crippen LogP contribution in [0.15, 0.2) is 205 Å². The average Bonchev–Trinajstić information content (AvgIpc) is 3.97. The SMILES string of the molecule is [2H]C([2H])([2H])c1ccccc1-c1cc(-c2cccc3c2oc2c(C([2H])([2H])[2H])c4ccccc4cc23)ncc1C([2H])([2H])C([2H])([2H])c1cc(CC(C)(C)c2ccc(-c3ccccc3)nc2)cc(CC(C)(C)c2ccc(-c3ccccc3)nc2)c1. The molecule has 0 radical (unpaired) electrons. The third-order valence-electron chi connectivity index (χ3n) is 13.8. The molecule has 0 atom stereocenters. The van der Waals surface area contributed by atoms with Crippen LogP contribution in [-0.4, -0.2) is 15.0 Å². The summed E-state index contributed by atoms with van der Waals surface area (Å²) >= 11 is 0. The zero-order valence-corrected chi connectivity index (χ0v) is 40.2. The van der Waals surface area contributed by atoms with Crippen LogP contribution in [0.5, 0.6) is 0 Å². The Bertz CT molecular complexity index is 4020. The van der Waals surface area contributed by atoms with Crippen molar-refractivity contribution in [2.24, 2.45) is 0 Å². The molecule has 4 aromatic heterocycles. The molecule has 348 valence electrons. The zero-order valence-electron chi connectivity index (χ0n) is 50.2. The van der Waals surface area contributed by atoms with E-state index in [1.165, 1.54) is 12.3 Å². The minimum atomic E-state index is -2.86. The maximum atomic E-state index is 10.1. The highest BCUT2D eigenvalue weighted by Gasteiger charge is 2.26. The van der Waals surface area contributed by atoms with Crippen LogP contribution in [0.25, 0.3) is 77.6 Å². The second-order valence-corrected chi connectivity index (χ2v) is 19.8. The molecule has 0 saturated heterocycles. The van der Waals surface area contributed by atoms with Crippen LogP contribution < -0.4 is 0 Å². The van der Waals surface area contributed by atoms with E-state index in [1.807, 2.05) is 109 Å². The molecule has 0 fully saturated rings. The van der Waals surface area contributed by atoms with Gasteiger partial charge in [0.2, 0.25) is 0 Å². The van der Waals surface area contributed by atoms with Crippen molar-refractivity contribution in [3.05, 3.63) is 245 Å². The largest absolute Gasteiger partial charge is 0.455 e. The highest BCUT2D eigenvalue weighted by Crippen LogP contribution is 2.41. The third kappa shape index (κ3) is 9.19. The first-order valence-electron chi connectivity index (χ1n) is 29.1. The van der Waals surface area contributed by atoms with Gasteiger partial charge in [0.05, 0.1) is 17.1 Å². The van der Waals surface area contributed by atoms with Crippen molar-refractivity contribution in [3.63, 3.8) is 0 Å². The summed E-state index contributed by atoms with van der Waals surface area (Å²) in [6, 6.07) is 56.3. The summed E-state index contributed by atoms with van der Waals surface area (Å²) in [5.74, 6) is 0. The van der Waals surface area contributed by atoms with Gasteiger partial charge in [-0.2, -0.15) is 0 Å². The number of aromatic nitrogens is 3. The van der Waals surface area contributed by atoms with Gasteiger partial charge in [-0.05, 0) is 141 Å². The van der Waals surface area contributed by atoms with Crippen molar-refractivity contribution < 1.29 is 18.1 Å². The van der Waals surface area contributed by atoms with Crippen LogP contribution in [0.2, 0.25) is 0 Å². The Morgan fingerprint density at radius 1 is 0.451 bits per heavy atom. The average molecular weight is 932 g/mol. The minimum Gasteiger partial charge on any atom is -0.455 e. The first kappa shape index (κ1) is 35.2. The number of nitrogens with zero attached hydrogens (tertiary/aromatic N) is 3. The molecule has 0 aliphatic carbocycles. The Labute approximate surface area is 432 Å². The third-order valence-corrected chi connectivity index (χ3v) is 13.8. The van der Waals surface area contributed by atoms with Crippen molar-refractivity contribution in [3.8, 4) is 44.9 Å². The van der Waals surface area contributed by atoms with Gasteiger partial charge in [0.1, 0.15) is 11.2 Å². The van der Waals surface area contributed by atoms with Crippen molar-refractivity contribution >= 4 is 32.7 Å². The van der Waals surface area contributed by atoms with Gasteiger partial charge < -0.3 is 4.42 Å². The van der Waals surface area contributed by atoms with E-state index in [0.29, 0.717) is 40.1 Å². The molecule has 0 N–H and O–H groups in total. The summed E-state index contributed by atoms with van der Waals surface area (Å²) in [6.07, 6.45) is 0.377. The second kappa shape index (κ2) is 18.8. The molecule has 4 nitrogen and oxygen atoms in total. The monoisotopic (exact) mass is 932 g/mol. The van der Waals surface area contributed by atoms with Gasteiger partial charge in [-0.3, -0.25) is 15.0 Å². The smallest absolute Gasteiger partial charge is 0.144 e. The van der Waals surface area contributed by atoms with E-state index in [2.05, 4.69) is 45.9 Å². The molecule has 7 aromatic carbocycles. The van der Waals surface area contributed by atoms with Gasteiger partial charge in [-0.1, -0.05) is 179 Å². The number of hydrogen-bond donors (Lipinski definition) is 0. The van der Waals surface area contributed by atoms with Gasteiger partial charge in [0.25, 0.3) is 0 Å². The molecule has 11 aromatic rings. The topological polar surface area (TPSA) is 51.8 Å². The number of pyridine rings is 3. The van der Waals surface area contributed by atoms with Crippen LogP contribution in [-0.2, 0) is 36.4 Å². The number of aryl methyl sites for hydroxylation is 4. The molecule has 0 unspecified atom stereocenters. The highest BCUT2D eigenvalue weighted by atomic mass is 16.3. The molecular formula is C67H59N3O. The van der Waals surface area contributed by atoms with E-state index in [-0.39, 0.29) is 44.7 Å². The van der Waals surface area contributed by atoms with Crippen molar-refractivity contribution in [1.82, 2.24) is 15.0 Å². The lowest BCUT2D eigenvalue weighted by atomic mass is 9.77. The van der Waals surface area contributed by atoms with Crippen LogP contribution in [0.3, 0.4) is 0 Å². The van der Waals surface area contributed by atoms with Crippen LogP contribution in [0, 0.1) is 13.7 Å². The Hall–Kier alpha value is -7.95. The first-order chi connectivity index (χ1) is 38.4.